The maximum absolute atomic E-state index is 12.0. The highest BCUT2D eigenvalue weighted by atomic mass is 32.1. The highest BCUT2D eigenvalue weighted by Gasteiger charge is 2.19. The third-order valence-electron chi connectivity index (χ3n) is 3.27. The second-order valence-corrected chi connectivity index (χ2v) is 5.88. The van der Waals surface area contributed by atoms with Crippen molar-refractivity contribution in [2.75, 3.05) is 13.1 Å². The number of piperidine rings is 1. The van der Waals surface area contributed by atoms with Gasteiger partial charge in [0.05, 0.1) is 6.04 Å². The van der Waals surface area contributed by atoms with E-state index in [0.717, 1.165) is 37.4 Å². The summed E-state index contributed by atoms with van der Waals surface area (Å²) in [6, 6.07) is 0.0557. The molecule has 1 aliphatic rings. The molecule has 18 heavy (non-hydrogen) atoms. The summed E-state index contributed by atoms with van der Waals surface area (Å²) in [5, 5.41) is 4.04. The normalized spacial score (nSPS) is 17.6. The molecule has 2 heterocycles. The van der Waals surface area contributed by atoms with E-state index >= 15 is 0 Å². The third kappa shape index (κ3) is 3.22. The van der Waals surface area contributed by atoms with E-state index in [0.29, 0.717) is 0 Å². The lowest BCUT2D eigenvalue weighted by Crippen LogP contribution is -2.43. The lowest BCUT2D eigenvalue weighted by atomic mass is 10.1. The average molecular weight is 267 g/mol. The first-order valence-electron chi connectivity index (χ1n) is 6.70. The van der Waals surface area contributed by atoms with E-state index in [1.54, 1.807) is 11.3 Å². The van der Waals surface area contributed by atoms with Crippen molar-refractivity contribution >= 4 is 17.4 Å². The van der Waals surface area contributed by atoms with Crippen LogP contribution in [0, 0.1) is 0 Å². The average Bonchev–Trinajstić information content (AvgIpc) is 2.88. The van der Waals surface area contributed by atoms with Crippen molar-refractivity contribution < 1.29 is 4.79 Å². The van der Waals surface area contributed by atoms with Gasteiger partial charge in [0.2, 0.25) is 0 Å². The minimum atomic E-state index is 0.00438. The van der Waals surface area contributed by atoms with Crippen molar-refractivity contribution in [2.24, 2.45) is 0 Å². The Hall–Kier alpha value is -1.10. The molecular formula is C13H21N3OS. The van der Waals surface area contributed by atoms with Gasteiger partial charge in [-0.2, -0.15) is 0 Å². The number of carbonyl (C=O) groups excluding carboxylic acids is 1. The minimum Gasteiger partial charge on any atom is -0.329 e. The van der Waals surface area contributed by atoms with E-state index in [-0.39, 0.29) is 12.1 Å². The van der Waals surface area contributed by atoms with Gasteiger partial charge in [0.1, 0.15) is 5.01 Å². The minimum absolute atomic E-state index is 0.00438. The number of hydrogen-bond acceptors (Lipinski definition) is 3. The molecule has 0 radical (unpaired) electrons. The molecule has 1 fully saturated rings. The molecule has 0 spiro atoms. The topological polar surface area (TPSA) is 45.2 Å². The van der Waals surface area contributed by atoms with Gasteiger partial charge in [0, 0.05) is 24.2 Å². The van der Waals surface area contributed by atoms with E-state index in [1.165, 1.54) is 11.3 Å². The molecule has 1 aromatic heterocycles. The number of urea groups is 1. The molecular weight excluding hydrogens is 246 g/mol. The standard InChI is InChI=1S/C13H21N3OS/c1-3-11-9-14-12(18-11)10(2)15-13(17)16-7-5-4-6-8-16/h9-10H,3-8H2,1-2H3,(H,15,17). The summed E-state index contributed by atoms with van der Waals surface area (Å²) in [6.45, 7) is 5.89. The number of likely N-dealkylation sites (tertiary alicyclic amines) is 1. The Bertz CT molecular complexity index is 399. The highest BCUT2D eigenvalue weighted by molar-refractivity contribution is 7.11. The molecule has 1 atom stereocenters. The maximum Gasteiger partial charge on any atom is 0.317 e. The van der Waals surface area contributed by atoms with Gasteiger partial charge in [-0.25, -0.2) is 9.78 Å². The molecule has 0 aromatic carbocycles. The van der Waals surface area contributed by atoms with Crippen molar-refractivity contribution in [2.45, 2.75) is 45.6 Å². The molecule has 2 amide bonds. The molecule has 5 heteroatoms. The van der Waals surface area contributed by atoms with Gasteiger partial charge in [-0.05, 0) is 32.6 Å². The first kappa shape index (κ1) is 13.3. The van der Waals surface area contributed by atoms with Crippen LogP contribution in [0.15, 0.2) is 6.20 Å². The summed E-state index contributed by atoms with van der Waals surface area (Å²) >= 11 is 1.69. The summed E-state index contributed by atoms with van der Waals surface area (Å²) in [7, 11) is 0. The fraction of sp³-hybridized carbons (Fsp3) is 0.692. The predicted molar refractivity (Wildman–Crippen MR) is 73.9 cm³/mol. The maximum atomic E-state index is 12.0. The molecule has 0 saturated carbocycles. The van der Waals surface area contributed by atoms with E-state index in [1.807, 2.05) is 18.0 Å². The van der Waals surface area contributed by atoms with Gasteiger partial charge < -0.3 is 10.2 Å². The first-order chi connectivity index (χ1) is 8.70. The fourth-order valence-electron chi connectivity index (χ4n) is 2.12. The van der Waals surface area contributed by atoms with Crippen molar-refractivity contribution in [3.05, 3.63) is 16.1 Å². The third-order valence-corrected chi connectivity index (χ3v) is 4.60. The van der Waals surface area contributed by atoms with Gasteiger partial charge in [0.25, 0.3) is 0 Å². The van der Waals surface area contributed by atoms with Crippen LogP contribution < -0.4 is 5.32 Å². The number of thiazole rings is 1. The molecule has 1 N–H and O–H groups in total. The first-order valence-corrected chi connectivity index (χ1v) is 7.52. The van der Waals surface area contributed by atoms with Gasteiger partial charge in [-0.1, -0.05) is 6.92 Å². The summed E-state index contributed by atoms with van der Waals surface area (Å²) in [4.78, 5) is 19.6. The van der Waals surface area contributed by atoms with Crippen LogP contribution in [-0.2, 0) is 6.42 Å². The smallest absolute Gasteiger partial charge is 0.317 e. The largest absolute Gasteiger partial charge is 0.329 e. The summed E-state index contributed by atoms with van der Waals surface area (Å²) in [5.74, 6) is 0. The van der Waals surface area contributed by atoms with Crippen molar-refractivity contribution in [3.8, 4) is 0 Å². The van der Waals surface area contributed by atoms with E-state index < -0.39 is 0 Å². The number of amides is 2. The number of hydrogen-bond donors (Lipinski definition) is 1. The number of rotatable bonds is 3. The van der Waals surface area contributed by atoms with E-state index in [9.17, 15) is 4.79 Å². The van der Waals surface area contributed by atoms with Crippen LogP contribution in [-0.4, -0.2) is 29.0 Å². The number of aryl methyl sites for hydroxylation is 1. The monoisotopic (exact) mass is 267 g/mol. The molecule has 100 valence electrons. The SMILES string of the molecule is CCc1cnc(C(C)NC(=O)N2CCCCC2)s1. The second-order valence-electron chi connectivity index (χ2n) is 4.74. The Morgan fingerprint density at radius 2 is 2.22 bits per heavy atom. The Morgan fingerprint density at radius 1 is 1.50 bits per heavy atom. The highest BCUT2D eigenvalue weighted by Crippen LogP contribution is 2.20. The molecule has 1 unspecified atom stereocenters. The Balaban J connectivity index is 1.89. The molecule has 1 aliphatic heterocycles. The zero-order valence-corrected chi connectivity index (χ0v) is 11.9. The van der Waals surface area contributed by atoms with E-state index in [4.69, 9.17) is 0 Å². The Labute approximate surface area is 112 Å². The summed E-state index contributed by atoms with van der Waals surface area (Å²) in [6.07, 6.45) is 6.40. The Kier molecular flexibility index (Phi) is 4.58. The quantitative estimate of drug-likeness (QED) is 0.915. The van der Waals surface area contributed by atoms with Crippen molar-refractivity contribution in [1.82, 2.24) is 15.2 Å². The van der Waals surface area contributed by atoms with Gasteiger partial charge >= 0.3 is 6.03 Å². The van der Waals surface area contributed by atoms with Crippen LogP contribution in [0.1, 0.15) is 49.0 Å². The van der Waals surface area contributed by atoms with Gasteiger partial charge in [-0.3, -0.25) is 0 Å². The molecule has 1 saturated heterocycles. The van der Waals surface area contributed by atoms with Crippen molar-refractivity contribution in [3.63, 3.8) is 0 Å². The number of aromatic nitrogens is 1. The molecule has 0 aliphatic carbocycles. The van der Waals surface area contributed by atoms with Crippen molar-refractivity contribution in [1.29, 1.82) is 0 Å². The van der Waals surface area contributed by atoms with Crippen LogP contribution in [0.2, 0.25) is 0 Å². The lowest BCUT2D eigenvalue weighted by Gasteiger charge is -2.28. The zero-order chi connectivity index (χ0) is 13.0. The number of nitrogens with one attached hydrogen (secondary N) is 1. The molecule has 0 bridgehead atoms. The zero-order valence-electron chi connectivity index (χ0n) is 11.1. The van der Waals surface area contributed by atoms with Crippen LogP contribution in [0.3, 0.4) is 0 Å². The van der Waals surface area contributed by atoms with E-state index in [2.05, 4.69) is 17.2 Å². The second kappa shape index (κ2) is 6.18. The van der Waals surface area contributed by atoms with Crippen LogP contribution in [0.5, 0.6) is 0 Å². The lowest BCUT2D eigenvalue weighted by molar-refractivity contribution is 0.183. The van der Waals surface area contributed by atoms with Gasteiger partial charge in [-0.15, -0.1) is 11.3 Å². The molecule has 4 nitrogen and oxygen atoms in total. The summed E-state index contributed by atoms with van der Waals surface area (Å²) < 4.78 is 0. The van der Waals surface area contributed by atoms with Crippen LogP contribution >= 0.6 is 11.3 Å². The van der Waals surface area contributed by atoms with Crippen LogP contribution in [0.25, 0.3) is 0 Å². The molecule has 1 aromatic rings. The fourth-order valence-corrected chi connectivity index (χ4v) is 2.98. The van der Waals surface area contributed by atoms with Gasteiger partial charge in [0.15, 0.2) is 0 Å². The molecule has 2 rings (SSSR count). The number of nitrogens with zero attached hydrogens (tertiary/aromatic N) is 2. The Morgan fingerprint density at radius 3 is 2.83 bits per heavy atom. The van der Waals surface area contributed by atoms with Crippen LogP contribution in [0.4, 0.5) is 4.79 Å². The summed E-state index contributed by atoms with van der Waals surface area (Å²) in [5.41, 5.74) is 0. The number of carbonyl (C=O) groups is 1. The predicted octanol–water partition coefficient (Wildman–Crippen LogP) is 2.96.